The summed E-state index contributed by atoms with van der Waals surface area (Å²) in [5.74, 6) is 0.793. The summed E-state index contributed by atoms with van der Waals surface area (Å²) in [5, 5.41) is 0. The van der Waals surface area contributed by atoms with Crippen molar-refractivity contribution in [2.24, 2.45) is 13.0 Å². The van der Waals surface area contributed by atoms with Crippen molar-refractivity contribution in [2.45, 2.75) is 26.4 Å². The Labute approximate surface area is 137 Å². The van der Waals surface area contributed by atoms with E-state index in [1.807, 2.05) is 5.51 Å². The Morgan fingerprint density at radius 3 is 3.00 bits per heavy atom. The average Bonchev–Trinajstić information content (AvgIpc) is 3.16. The van der Waals surface area contributed by atoms with Crippen molar-refractivity contribution in [1.29, 1.82) is 0 Å². The predicted octanol–water partition coefficient (Wildman–Crippen LogP) is 2.74. The minimum absolute atomic E-state index is 0.793. The second kappa shape index (κ2) is 6.94. The van der Waals surface area contributed by atoms with E-state index in [9.17, 15) is 0 Å². The molecule has 0 N–H and O–H groups in total. The van der Waals surface area contributed by atoms with Crippen LogP contribution in [0.25, 0.3) is 0 Å². The molecular formula is C17H26N4S. The maximum Gasteiger partial charge on any atom is 0.0798 e. The second-order valence-corrected chi connectivity index (χ2v) is 7.57. The van der Waals surface area contributed by atoms with Crippen LogP contribution in [-0.2, 0) is 20.1 Å². The van der Waals surface area contributed by atoms with Crippen LogP contribution in [0.5, 0.6) is 0 Å². The molecule has 120 valence electrons. The molecule has 5 heteroatoms. The van der Waals surface area contributed by atoms with Crippen LogP contribution in [-0.4, -0.2) is 46.0 Å². The molecule has 1 fully saturated rings. The van der Waals surface area contributed by atoms with E-state index in [-0.39, 0.29) is 0 Å². The summed E-state index contributed by atoms with van der Waals surface area (Å²) in [5.41, 5.74) is 4.57. The Kier molecular flexibility index (Phi) is 4.96. The van der Waals surface area contributed by atoms with Crippen LogP contribution in [0.2, 0.25) is 0 Å². The van der Waals surface area contributed by atoms with Gasteiger partial charge < -0.3 is 9.47 Å². The summed E-state index contributed by atoms with van der Waals surface area (Å²) >= 11 is 1.77. The van der Waals surface area contributed by atoms with Gasteiger partial charge in [0.1, 0.15) is 0 Å². The van der Waals surface area contributed by atoms with Crippen LogP contribution in [0.15, 0.2) is 24.0 Å². The van der Waals surface area contributed by atoms with Gasteiger partial charge in [-0.1, -0.05) is 0 Å². The van der Waals surface area contributed by atoms with Gasteiger partial charge in [-0.15, -0.1) is 11.3 Å². The SMILES string of the molecule is Cc1ncsc1CN(C)C[C@H]1CCN(Cc2ccn(C)c2)C1. The van der Waals surface area contributed by atoms with E-state index in [0.29, 0.717) is 0 Å². The molecule has 0 spiro atoms. The first-order valence-electron chi connectivity index (χ1n) is 8.01. The van der Waals surface area contributed by atoms with Crippen LogP contribution < -0.4 is 0 Å². The predicted molar refractivity (Wildman–Crippen MR) is 92.0 cm³/mol. The summed E-state index contributed by atoms with van der Waals surface area (Å²) in [4.78, 5) is 10.8. The number of aryl methyl sites for hydroxylation is 2. The van der Waals surface area contributed by atoms with E-state index in [2.05, 4.69) is 58.8 Å². The highest BCUT2D eigenvalue weighted by atomic mass is 32.1. The Morgan fingerprint density at radius 1 is 1.45 bits per heavy atom. The maximum absolute atomic E-state index is 4.34. The van der Waals surface area contributed by atoms with Crippen LogP contribution >= 0.6 is 11.3 Å². The van der Waals surface area contributed by atoms with Crippen molar-refractivity contribution in [3.63, 3.8) is 0 Å². The monoisotopic (exact) mass is 318 g/mol. The molecule has 1 aliphatic rings. The third-order valence-corrected chi connectivity index (χ3v) is 5.42. The van der Waals surface area contributed by atoms with Gasteiger partial charge in [0.2, 0.25) is 0 Å². The molecule has 0 aliphatic carbocycles. The number of rotatable bonds is 6. The molecule has 0 radical (unpaired) electrons. The zero-order valence-electron chi connectivity index (χ0n) is 13.8. The van der Waals surface area contributed by atoms with Gasteiger partial charge in [-0.05, 0) is 44.5 Å². The van der Waals surface area contributed by atoms with Crippen molar-refractivity contribution < 1.29 is 0 Å². The molecule has 2 aromatic rings. The third-order valence-electron chi connectivity index (χ3n) is 4.50. The molecule has 3 heterocycles. The van der Waals surface area contributed by atoms with Crippen molar-refractivity contribution in [3.05, 3.63) is 40.1 Å². The zero-order valence-corrected chi connectivity index (χ0v) is 14.6. The second-order valence-electron chi connectivity index (χ2n) is 6.63. The smallest absolute Gasteiger partial charge is 0.0798 e. The van der Waals surface area contributed by atoms with Crippen molar-refractivity contribution in [1.82, 2.24) is 19.4 Å². The Bertz CT molecular complexity index is 603. The van der Waals surface area contributed by atoms with Gasteiger partial charge >= 0.3 is 0 Å². The van der Waals surface area contributed by atoms with Crippen molar-refractivity contribution >= 4 is 11.3 Å². The number of nitrogens with zero attached hydrogens (tertiary/aromatic N) is 4. The standard InChI is InChI=1S/C17H26N4S/c1-14-17(22-13-18-14)12-20(3)9-16-5-7-21(11-16)10-15-4-6-19(2)8-15/h4,6,8,13,16H,5,7,9-12H2,1-3H3/t16-/m1/s1. The van der Waals surface area contributed by atoms with Crippen molar-refractivity contribution in [2.75, 3.05) is 26.7 Å². The number of hydrogen-bond acceptors (Lipinski definition) is 4. The molecule has 3 rings (SSSR count). The highest BCUT2D eigenvalue weighted by molar-refractivity contribution is 7.09. The van der Waals surface area contributed by atoms with Gasteiger partial charge in [0, 0.05) is 50.5 Å². The van der Waals surface area contributed by atoms with Gasteiger partial charge in [0.25, 0.3) is 0 Å². The molecule has 2 aromatic heterocycles. The quantitative estimate of drug-likeness (QED) is 0.818. The molecule has 0 bridgehead atoms. The summed E-state index contributed by atoms with van der Waals surface area (Å²) in [6, 6.07) is 2.23. The summed E-state index contributed by atoms with van der Waals surface area (Å²) in [6.45, 7) is 7.87. The summed E-state index contributed by atoms with van der Waals surface area (Å²) in [7, 11) is 4.33. The first-order chi connectivity index (χ1) is 10.6. The number of likely N-dealkylation sites (tertiary alicyclic amines) is 1. The number of hydrogen-bond donors (Lipinski definition) is 0. The largest absolute Gasteiger partial charge is 0.357 e. The minimum Gasteiger partial charge on any atom is -0.357 e. The lowest BCUT2D eigenvalue weighted by Crippen LogP contribution is -2.28. The van der Waals surface area contributed by atoms with Gasteiger partial charge in [-0.2, -0.15) is 0 Å². The molecule has 0 unspecified atom stereocenters. The van der Waals surface area contributed by atoms with E-state index in [4.69, 9.17) is 0 Å². The van der Waals surface area contributed by atoms with Gasteiger partial charge in [0.15, 0.2) is 0 Å². The Hall–Kier alpha value is -1.17. The Balaban J connectivity index is 1.45. The molecule has 0 aromatic carbocycles. The lowest BCUT2D eigenvalue weighted by molar-refractivity contribution is 0.256. The van der Waals surface area contributed by atoms with Gasteiger partial charge in [-0.25, -0.2) is 4.98 Å². The van der Waals surface area contributed by atoms with E-state index in [1.165, 1.54) is 42.2 Å². The van der Waals surface area contributed by atoms with Crippen LogP contribution in [0.3, 0.4) is 0 Å². The molecule has 1 atom stereocenters. The van der Waals surface area contributed by atoms with Crippen LogP contribution in [0.1, 0.15) is 22.6 Å². The molecule has 4 nitrogen and oxygen atoms in total. The first kappa shape index (κ1) is 15.7. The fourth-order valence-electron chi connectivity index (χ4n) is 3.35. The molecule has 1 saturated heterocycles. The molecule has 0 saturated carbocycles. The van der Waals surface area contributed by atoms with E-state index in [0.717, 1.165) is 19.0 Å². The average molecular weight is 318 g/mol. The lowest BCUT2D eigenvalue weighted by Gasteiger charge is -2.21. The van der Waals surface area contributed by atoms with Gasteiger partial charge in [-0.3, -0.25) is 4.90 Å². The van der Waals surface area contributed by atoms with E-state index >= 15 is 0 Å². The first-order valence-corrected chi connectivity index (χ1v) is 8.89. The highest BCUT2D eigenvalue weighted by Crippen LogP contribution is 2.21. The van der Waals surface area contributed by atoms with Crippen LogP contribution in [0, 0.1) is 12.8 Å². The molecule has 22 heavy (non-hydrogen) atoms. The zero-order chi connectivity index (χ0) is 15.5. The number of thiazole rings is 1. The normalized spacial score (nSPS) is 19.4. The summed E-state index contributed by atoms with van der Waals surface area (Å²) in [6.07, 6.45) is 5.68. The number of aromatic nitrogens is 2. The third kappa shape index (κ3) is 3.97. The molecular weight excluding hydrogens is 292 g/mol. The maximum atomic E-state index is 4.34. The lowest BCUT2D eigenvalue weighted by atomic mass is 10.1. The summed E-state index contributed by atoms with van der Waals surface area (Å²) < 4.78 is 2.13. The molecule has 0 amide bonds. The fraction of sp³-hybridized carbons (Fsp3) is 0.588. The topological polar surface area (TPSA) is 24.3 Å². The van der Waals surface area contributed by atoms with E-state index in [1.54, 1.807) is 11.3 Å². The molecule has 1 aliphatic heterocycles. The Morgan fingerprint density at radius 2 is 2.32 bits per heavy atom. The van der Waals surface area contributed by atoms with Crippen molar-refractivity contribution in [3.8, 4) is 0 Å². The minimum atomic E-state index is 0.793. The van der Waals surface area contributed by atoms with Crippen LogP contribution in [0.4, 0.5) is 0 Å². The van der Waals surface area contributed by atoms with Gasteiger partial charge in [0.05, 0.1) is 11.2 Å². The van der Waals surface area contributed by atoms with E-state index < -0.39 is 0 Å². The highest BCUT2D eigenvalue weighted by Gasteiger charge is 2.23. The fourth-order valence-corrected chi connectivity index (χ4v) is 4.20.